The molecule has 1 aromatic carbocycles. The molecule has 3 N–H and O–H groups in total. The monoisotopic (exact) mass is 387 g/mol. The third-order valence-corrected chi connectivity index (χ3v) is 4.02. The van der Waals surface area contributed by atoms with Crippen molar-refractivity contribution in [2.24, 2.45) is 5.84 Å². The molecule has 6 heteroatoms. The van der Waals surface area contributed by atoms with Crippen LogP contribution in [0, 0.1) is 5.82 Å². The number of hydrazine groups is 1. The van der Waals surface area contributed by atoms with E-state index in [1.807, 2.05) is 12.1 Å². The van der Waals surface area contributed by atoms with Crippen molar-refractivity contribution in [1.29, 1.82) is 0 Å². The standard InChI is InChI=1S/C13H12Br2FN3/c14-9-2-1-5-18-13(9)12(19-17)7-8-3-4-11(16)10(15)6-8/h1-6,12,19H,7,17H2. The summed E-state index contributed by atoms with van der Waals surface area (Å²) < 4.78 is 14.5. The Kier molecular flexibility index (Phi) is 5.04. The van der Waals surface area contributed by atoms with Crippen molar-refractivity contribution >= 4 is 31.9 Å². The molecule has 2 aromatic rings. The molecule has 1 aromatic heterocycles. The Balaban J connectivity index is 2.24. The SMILES string of the molecule is NNC(Cc1ccc(F)c(Br)c1)c1ncccc1Br. The van der Waals surface area contributed by atoms with E-state index in [-0.39, 0.29) is 11.9 Å². The van der Waals surface area contributed by atoms with Crippen molar-refractivity contribution in [3.8, 4) is 0 Å². The highest BCUT2D eigenvalue weighted by atomic mass is 79.9. The number of hydrogen-bond acceptors (Lipinski definition) is 3. The van der Waals surface area contributed by atoms with E-state index in [0.29, 0.717) is 10.9 Å². The van der Waals surface area contributed by atoms with E-state index < -0.39 is 0 Å². The largest absolute Gasteiger partial charge is 0.271 e. The number of benzene rings is 1. The zero-order chi connectivity index (χ0) is 13.8. The van der Waals surface area contributed by atoms with Crippen LogP contribution in [0.5, 0.6) is 0 Å². The molecule has 1 atom stereocenters. The van der Waals surface area contributed by atoms with Gasteiger partial charge in [0.1, 0.15) is 5.82 Å². The van der Waals surface area contributed by atoms with Crippen LogP contribution in [-0.4, -0.2) is 4.98 Å². The maximum absolute atomic E-state index is 13.2. The van der Waals surface area contributed by atoms with Gasteiger partial charge < -0.3 is 0 Å². The first kappa shape index (κ1) is 14.6. The zero-order valence-electron chi connectivity index (χ0n) is 9.91. The molecule has 0 aliphatic heterocycles. The molecule has 0 bridgehead atoms. The number of nitrogens with zero attached hydrogens (tertiary/aromatic N) is 1. The Morgan fingerprint density at radius 2 is 2.05 bits per heavy atom. The summed E-state index contributed by atoms with van der Waals surface area (Å²) in [7, 11) is 0. The molecule has 0 amide bonds. The van der Waals surface area contributed by atoms with Gasteiger partial charge in [-0.1, -0.05) is 6.07 Å². The molecule has 0 fully saturated rings. The van der Waals surface area contributed by atoms with E-state index in [2.05, 4.69) is 42.3 Å². The Hall–Kier alpha value is -0.820. The molecular formula is C13H12Br2FN3. The third kappa shape index (κ3) is 3.60. The molecule has 0 saturated heterocycles. The van der Waals surface area contributed by atoms with E-state index >= 15 is 0 Å². The maximum Gasteiger partial charge on any atom is 0.137 e. The highest BCUT2D eigenvalue weighted by molar-refractivity contribution is 9.10. The first-order valence-corrected chi connectivity index (χ1v) is 7.21. The molecule has 0 radical (unpaired) electrons. The summed E-state index contributed by atoms with van der Waals surface area (Å²) in [6.45, 7) is 0. The molecular weight excluding hydrogens is 377 g/mol. The quantitative estimate of drug-likeness (QED) is 0.622. The van der Waals surface area contributed by atoms with Gasteiger partial charge in [0.15, 0.2) is 0 Å². The van der Waals surface area contributed by atoms with E-state index in [4.69, 9.17) is 5.84 Å². The van der Waals surface area contributed by atoms with Gasteiger partial charge in [-0.2, -0.15) is 0 Å². The molecule has 0 saturated carbocycles. The summed E-state index contributed by atoms with van der Waals surface area (Å²) in [6, 6.07) is 8.52. The van der Waals surface area contributed by atoms with Gasteiger partial charge >= 0.3 is 0 Å². The predicted octanol–water partition coefficient (Wildman–Crippen LogP) is 3.49. The minimum absolute atomic E-state index is 0.145. The minimum Gasteiger partial charge on any atom is -0.271 e. The Bertz CT molecular complexity index is 578. The second-order valence-corrected chi connectivity index (χ2v) is 5.75. The number of rotatable bonds is 4. The van der Waals surface area contributed by atoms with Crippen molar-refractivity contribution in [2.45, 2.75) is 12.5 Å². The van der Waals surface area contributed by atoms with Crippen molar-refractivity contribution in [2.75, 3.05) is 0 Å². The molecule has 19 heavy (non-hydrogen) atoms. The first-order valence-electron chi connectivity index (χ1n) is 5.62. The lowest BCUT2D eigenvalue weighted by Gasteiger charge is -2.17. The lowest BCUT2D eigenvalue weighted by molar-refractivity contribution is 0.535. The molecule has 0 spiro atoms. The summed E-state index contributed by atoms with van der Waals surface area (Å²) in [6.07, 6.45) is 2.33. The summed E-state index contributed by atoms with van der Waals surface area (Å²) in [5.74, 6) is 5.32. The van der Waals surface area contributed by atoms with E-state index in [0.717, 1.165) is 15.7 Å². The highest BCUT2D eigenvalue weighted by Gasteiger charge is 2.15. The second-order valence-electron chi connectivity index (χ2n) is 4.04. The fourth-order valence-corrected chi connectivity index (χ4v) is 2.75. The van der Waals surface area contributed by atoms with Gasteiger partial charge in [0.05, 0.1) is 16.2 Å². The fourth-order valence-electron chi connectivity index (χ4n) is 1.79. The number of nitrogens with one attached hydrogen (secondary N) is 1. The summed E-state index contributed by atoms with van der Waals surface area (Å²) in [5, 5.41) is 0. The number of nitrogens with two attached hydrogens (primary N) is 1. The molecule has 0 aliphatic rings. The normalized spacial score (nSPS) is 12.4. The highest BCUT2D eigenvalue weighted by Crippen LogP contribution is 2.25. The van der Waals surface area contributed by atoms with Crippen LogP contribution in [0.3, 0.4) is 0 Å². The van der Waals surface area contributed by atoms with Crippen LogP contribution in [0.25, 0.3) is 0 Å². The van der Waals surface area contributed by atoms with E-state index in [1.165, 1.54) is 6.07 Å². The van der Waals surface area contributed by atoms with Crippen molar-refractivity contribution in [3.05, 3.63) is 62.5 Å². The second kappa shape index (κ2) is 6.56. The number of halogens is 3. The minimum atomic E-state index is -0.278. The van der Waals surface area contributed by atoms with Gasteiger partial charge in [-0.05, 0) is 68.1 Å². The van der Waals surface area contributed by atoms with Gasteiger partial charge in [-0.15, -0.1) is 0 Å². The van der Waals surface area contributed by atoms with Crippen LogP contribution in [0.4, 0.5) is 4.39 Å². The molecule has 100 valence electrons. The van der Waals surface area contributed by atoms with Crippen LogP contribution >= 0.6 is 31.9 Å². The summed E-state index contributed by atoms with van der Waals surface area (Å²) >= 11 is 6.63. The van der Waals surface area contributed by atoms with Crippen molar-refractivity contribution in [3.63, 3.8) is 0 Å². The van der Waals surface area contributed by atoms with E-state index in [1.54, 1.807) is 18.3 Å². The summed E-state index contributed by atoms with van der Waals surface area (Å²) in [5.41, 5.74) is 4.53. The average Bonchev–Trinajstić information content (AvgIpc) is 2.41. The third-order valence-electron chi connectivity index (χ3n) is 2.74. The summed E-state index contributed by atoms with van der Waals surface area (Å²) in [4.78, 5) is 4.31. The van der Waals surface area contributed by atoms with Crippen molar-refractivity contribution in [1.82, 2.24) is 10.4 Å². The topological polar surface area (TPSA) is 50.9 Å². The fraction of sp³-hybridized carbons (Fsp3) is 0.154. The molecule has 1 unspecified atom stereocenters. The van der Waals surface area contributed by atoms with Gasteiger partial charge in [0.2, 0.25) is 0 Å². The lowest BCUT2D eigenvalue weighted by atomic mass is 10.0. The van der Waals surface area contributed by atoms with Gasteiger partial charge in [-0.3, -0.25) is 16.3 Å². The number of aromatic nitrogens is 1. The van der Waals surface area contributed by atoms with Gasteiger partial charge in [0.25, 0.3) is 0 Å². The van der Waals surface area contributed by atoms with E-state index in [9.17, 15) is 4.39 Å². The number of pyridine rings is 1. The van der Waals surface area contributed by atoms with Crippen LogP contribution in [-0.2, 0) is 6.42 Å². The van der Waals surface area contributed by atoms with Crippen LogP contribution in [0.1, 0.15) is 17.3 Å². The average molecular weight is 389 g/mol. The van der Waals surface area contributed by atoms with Crippen molar-refractivity contribution < 1.29 is 4.39 Å². The smallest absolute Gasteiger partial charge is 0.137 e. The molecule has 3 nitrogen and oxygen atoms in total. The first-order chi connectivity index (χ1) is 9.11. The van der Waals surface area contributed by atoms with Crippen LogP contribution < -0.4 is 11.3 Å². The molecule has 0 aliphatic carbocycles. The molecule has 2 rings (SSSR count). The zero-order valence-corrected chi connectivity index (χ0v) is 13.1. The Morgan fingerprint density at radius 1 is 1.26 bits per heavy atom. The van der Waals surface area contributed by atoms with Crippen LogP contribution in [0.2, 0.25) is 0 Å². The van der Waals surface area contributed by atoms with Crippen LogP contribution in [0.15, 0.2) is 45.5 Å². The Labute approximate surface area is 127 Å². The van der Waals surface area contributed by atoms with Gasteiger partial charge in [-0.25, -0.2) is 4.39 Å². The molecule has 1 heterocycles. The van der Waals surface area contributed by atoms with Gasteiger partial charge in [0, 0.05) is 10.7 Å². The number of hydrogen-bond donors (Lipinski definition) is 2. The lowest BCUT2D eigenvalue weighted by Crippen LogP contribution is -2.30. The Morgan fingerprint density at radius 3 is 2.68 bits per heavy atom. The maximum atomic E-state index is 13.2. The predicted molar refractivity (Wildman–Crippen MR) is 79.8 cm³/mol.